The van der Waals surface area contributed by atoms with E-state index in [0.717, 1.165) is 4.57 Å². The highest BCUT2D eigenvalue weighted by Gasteiger charge is 2.32. The van der Waals surface area contributed by atoms with Gasteiger partial charge in [-0.3, -0.25) is 14.5 Å². The first kappa shape index (κ1) is 22.8. The highest BCUT2D eigenvalue weighted by molar-refractivity contribution is 6.02. The van der Waals surface area contributed by atoms with Crippen LogP contribution in [0.2, 0.25) is 0 Å². The van der Waals surface area contributed by atoms with Crippen molar-refractivity contribution in [2.75, 3.05) is 18.5 Å². The molecule has 0 radical (unpaired) electrons. The zero-order chi connectivity index (χ0) is 25.7. The van der Waals surface area contributed by atoms with Crippen molar-refractivity contribution in [3.05, 3.63) is 76.6 Å². The smallest absolute Gasteiger partial charge is 0.416 e. The Labute approximate surface area is 204 Å². The number of halogens is 4. The number of rotatable bonds is 4. The number of H-pyrrole nitrogens is 1. The van der Waals surface area contributed by atoms with Gasteiger partial charge in [-0.15, -0.1) is 0 Å². The number of para-hydroxylation sites is 2. The van der Waals surface area contributed by atoms with E-state index in [2.05, 4.69) is 25.5 Å². The maximum absolute atomic E-state index is 14.9. The van der Waals surface area contributed by atoms with Crippen molar-refractivity contribution in [3.8, 4) is 17.2 Å². The van der Waals surface area contributed by atoms with Crippen LogP contribution < -0.4 is 20.3 Å². The molecule has 1 aliphatic rings. The van der Waals surface area contributed by atoms with Gasteiger partial charge in [0.25, 0.3) is 5.56 Å². The zero-order valence-electron chi connectivity index (χ0n) is 18.7. The van der Waals surface area contributed by atoms with Gasteiger partial charge in [-0.05, 0) is 30.3 Å². The van der Waals surface area contributed by atoms with E-state index in [9.17, 15) is 22.4 Å². The number of nitrogens with one attached hydrogen (secondary N) is 2. The lowest BCUT2D eigenvalue weighted by molar-refractivity contribution is -0.137. The van der Waals surface area contributed by atoms with Crippen LogP contribution in [0, 0.1) is 5.82 Å². The number of ether oxygens (including phenoxy) is 2. The fraction of sp³-hybridized carbons (Fsp3) is 0.167. The molecule has 6 rings (SSSR count). The van der Waals surface area contributed by atoms with Crippen molar-refractivity contribution in [2.45, 2.75) is 12.3 Å². The molecule has 0 bridgehead atoms. The predicted molar refractivity (Wildman–Crippen MR) is 125 cm³/mol. The Morgan fingerprint density at radius 1 is 1.11 bits per heavy atom. The lowest BCUT2D eigenvalue weighted by Gasteiger charge is -2.26. The number of aromatic nitrogens is 5. The van der Waals surface area contributed by atoms with Crippen LogP contribution in [0.15, 0.2) is 59.7 Å². The van der Waals surface area contributed by atoms with Crippen LogP contribution in [-0.4, -0.2) is 44.0 Å². The molecule has 5 aromatic rings. The number of alkyl halides is 3. The number of hydrogen-bond donors (Lipinski definition) is 2. The van der Waals surface area contributed by atoms with E-state index in [0.29, 0.717) is 29.7 Å². The number of aromatic amines is 1. The molecule has 0 saturated carbocycles. The van der Waals surface area contributed by atoms with Crippen molar-refractivity contribution in [1.82, 2.24) is 24.7 Å². The van der Waals surface area contributed by atoms with Gasteiger partial charge in [0.05, 0.1) is 40.3 Å². The fourth-order valence-electron chi connectivity index (χ4n) is 4.13. The van der Waals surface area contributed by atoms with Gasteiger partial charge >= 0.3 is 6.18 Å². The Morgan fingerprint density at radius 2 is 1.92 bits per heavy atom. The maximum atomic E-state index is 14.9. The molecule has 2 N–H and O–H groups in total. The van der Waals surface area contributed by atoms with E-state index in [4.69, 9.17) is 9.47 Å². The molecule has 0 spiro atoms. The molecule has 13 heteroatoms. The van der Waals surface area contributed by atoms with Gasteiger partial charge in [0, 0.05) is 6.20 Å². The van der Waals surface area contributed by atoms with E-state index >= 15 is 0 Å². The van der Waals surface area contributed by atoms with Crippen LogP contribution in [0.4, 0.5) is 23.5 Å². The molecule has 37 heavy (non-hydrogen) atoms. The van der Waals surface area contributed by atoms with E-state index in [1.54, 1.807) is 12.1 Å². The molecule has 4 heterocycles. The third-order valence-electron chi connectivity index (χ3n) is 5.89. The molecule has 1 aliphatic heterocycles. The normalized spacial score (nSPS) is 15.3. The first-order valence-electron chi connectivity index (χ1n) is 11.0. The molecule has 0 amide bonds. The fourth-order valence-corrected chi connectivity index (χ4v) is 4.13. The van der Waals surface area contributed by atoms with Crippen LogP contribution in [0.3, 0.4) is 0 Å². The minimum Gasteiger partial charge on any atom is -0.486 e. The molecule has 3 aromatic heterocycles. The maximum Gasteiger partial charge on any atom is 0.416 e. The molecule has 9 nitrogen and oxygen atoms in total. The minimum atomic E-state index is -4.75. The predicted octanol–water partition coefficient (Wildman–Crippen LogP) is 4.07. The second-order valence-corrected chi connectivity index (χ2v) is 8.27. The summed E-state index contributed by atoms with van der Waals surface area (Å²) in [6, 6.07) is 9.03. The first-order valence-corrected chi connectivity index (χ1v) is 11.0. The standard InChI is InChI=1S/C24H16F4N6O3/c25-16-6-5-12(24(26,27)28)7-17(16)34-21-14(20-15(22(34)35)10-31-33-20)9-30-23(32-21)29-8-13-11-36-18-3-1-2-4-19(18)37-13/h1-7,9-10,13H,8,11H2,(H,31,33)(H,29,30,32)/t13-/m0/s1. The summed E-state index contributed by atoms with van der Waals surface area (Å²) in [4.78, 5) is 21.9. The number of benzene rings is 2. The topological polar surface area (TPSA) is 107 Å². The van der Waals surface area contributed by atoms with Gasteiger partial charge in [-0.1, -0.05) is 12.1 Å². The summed E-state index contributed by atoms with van der Waals surface area (Å²) in [7, 11) is 0. The van der Waals surface area contributed by atoms with Crippen LogP contribution in [0.5, 0.6) is 11.5 Å². The van der Waals surface area contributed by atoms with Crippen molar-refractivity contribution >= 4 is 27.9 Å². The van der Waals surface area contributed by atoms with Gasteiger partial charge in [-0.2, -0.15) is 23.3 Å². The summed E-state index contributed by atoms with van der Waals surface area (Å²) >= 11 is 0. The second-order valence-electron chi connectivity index (χ2n) is 8.27. The average molecular weight is 512 g/mol. The van der Waals surface area contributed by atoms with Gasteiger partial charge in [-0.25, -0.2) is 9.37 Å². The molecule has 0 fully saturated rings. The van der Waals surface area contributed by atoms with Crippen LogP contribution in [-0.2, 0) is 6.18 Å². The van der Waals surface area contributed by atoms with Crippen molar-refractivity contribution in [3.63, 3.8) is 0 Å². The van der Waals surface area contributed by atoms with Gasteiger partial charge in [0.15, 0.2) is 17.1 Å². The summed E-state index contributed by atoms with van der Waals surface area (Å²) < 4.78 is 67.4. The lowest BCUT2D eigenvalue weighted by atomic mass is 10.1. The Bertz CT molecular complexity index is 1720. The molecular formula is C24H16F4N6O3. The number of hydrogen-bond acceptors (Lipinski definition) is 7. The van der Waals surface area contributed by atoms with Gasteiger partial charge in [0.1, 0.15) is 18.5 Å². The monoisotopic (exact) mass is 512 g/mol. The van der Waals surface area contributed by atoms with E-state index in [1.165, 1.54) is 12.4 Å². The SMILES string of the molecule is O=c1c2cn[nH]c2c2cnc(NC[C@H]3COc4ccccc4O3)nc2n1-c1cc(C(F)(F)F)ccc1F. The van der Waals surface area contributed by atoms with Crippen LogP contribution in [0.1, 0.15) is 5.56 Å². The van der Waals surface area contributed by atoms with Crippen molar-refractivity contribution in [2.24, 2.45) is 0 Å². The largest absolute Gasteiger partial charge is 0.486 e. The van der Waals surface area contributed by atoms with Crippen molar-refractivity contribution in [1.29, 1.82) is 0 Å². The highest BCUT2D eigenvalue weighted by Crippen LogP contribution is 2.33. The number of anilines is 1. The highest BCUT2D eigenvalue weighted by atomic mass is 19.4. The summed E-state index contributed by atoms with van der Waals surface area (Å²) in [5.74, 6) is 0.222. The first-order chi connectivity index (χ1) is 17.8. The summed E-state index contributed by atoms with van der Waals surface area (Å²) in [6.07, 6.45) is -2.55. The quantitative estimate of drug-likeness (QED) is 0.350. The zero-order valence-corrected chi connectivity index (χ0v) is 18.7. The van der Waals surface area contributed by atoms with Crippen molar-refractivity contribution < 1.29 is 27.0 Å². The average Bonchev–Trinajstić information content (AvgIpc) is 3.38. The molecule has 188 valence electrons. The number of nitrogens with zero attached hydrogens (tertiary/aromatic N) is 4. The molecule has 0 aliphatic carbocycles. The van der Waals surface area contributed by atoms with Gasteiger partial charge in [0.2, 0.25) is 5.95 Å². The second kappa shape index (κ2) is 8.47. The molecular weight excluding hydrogens is 496 g/mol. The Kier molecular flexibility index (Phi) is 5.21. The molecule has 0 saturated heterocycles. The number of pyridine rings is 1. The Hall–Kier alpha value is -4.68. The van der Waals surface area contributed by atoms with Crippen LogP contribution in [0.25, 0.3) is 27.6 Å². The summed E-state index contributed by atoms with van der Waals surface area (Å²) in [6.45, 7) is 0.473. The molecule has 0 unspecified atom stereocenters. The molecule has 2 aromatic carbocycles. The third-order valence-corrected chi connectivity index (χ3v) is 5.89. The minimum absolute atomic E-state index is 0.0417. The summed E-state index contributed by atoms with van der Waals surface area (Å²) in [5, 5.41) is 9.81. The third kappa shape index (κ3) is 3.97. The van der Waals surface area contributed by atoms with E-state index < -0.39 is 34.9 Å². The Balaban J connectivity index is 1.42. The lowest BCUT2D eigenvalue weighted by Crippen LogP contribution is -2.35. The number of fused-ring (bicyclic) bond motifs is 4. The molecule has 1 atom stereocenters. The van der Waals surface area contributed by atoms with Gasteiger partial charge < -0.3 is 14.8 Å². The van der Waals surface area contributed by atoms with E-state index in [1.807, 2.05) is 12.1 Å². The Morgan fingerprint density at radius 3 is 2.73 bits per heavy atom. The summed E-state index contributed by atoms with van der Waals surface area (Å²) in [5.41, 5.74) is -2.34. The van der Waals surface area contributed by atoms with Crippen LogP contribution >= 0.6 is 0 Å². The van der Waals surface area contributed by atoms with E-state index in [-0.39, 0.29) is 41.0 Å².